The van der Waals surface area contributed by atoms with E-state index in [0.717, 1.165) is 12.0 Å². The van der Waals surface area contributed by atoms with Gasteiger partial charge in [0, 0.05) is 5.02 Å². The van der Waals surface area contributed by atoms with Crippen molar-refractivity contribution in [2.75, 3.05) is 0 Å². The van der Waals surface area contributed by atoms with E-state index in [0.29, 0.717) is 11.6 Å². The van der Waals surface area contributed by atoms with Gasteiger partial charge in [-0.05, 0) is 36.0 Å². The molecule has 2 fully saturated rings. The third kappa shape index (κ3) is 1.59. The molecule has 0 unspecified atom stereocenters. The van der Waals surface area contributed by atoms with Crippen LogP contribution in [-0.2, 0) is 16.1 Å². The molecule has 2 aliphatic carbocycles. The molecule has 3 aliphatic rings. The zero-order valence-corrected chi connectivity index (χ0v) is 11.6. The summed E-state index contributed by atoms with van der Waals surface area (Å²) in [5.74, 6) is 0.304. The van der Waals surface area contributed by atoms with Gasteiger partial charge in [0.15, 0.2) is 0 Å². The van der Waals surface area contributed by atoms with Crippen LogP contribution in [0, 0.1) is 23.7 Å². The Morgan fingerprint density at radius 3 is 2.35 bits per heavy atom. The van der Waals surface area contributed by atoms with Crippen LogP contribution in [0.3, 0.4) is 0 Å². The first kappa shape index (κ1) is 12.2. The van der Waals surface area contributed by atoms with Crippen molar-refractivity contribution in [1.82, 2.24) is 4.90 Å². The molecule has 0 spiro atoms. The van der Waals surface area contributed by atoms with Crippen LogP contribution in [0.1, 0.15) is 12.0 Å². The summed E-state index contributed by atoms with van der Waals surface area (Å²) >= 11 is 5.96. The van der Waals surface area contributed by atoms with Crippen molar-refractivity contribution < 1.29 is 9.59 Å². The molecule has 1 heterocycles. The fourth-order valence-electron chi connectivity index (χ4n) is 3.94. The molecular formula is C16H14ClNO2. The van der Waals surface area contributed by atoms with E-state index < -0.39 is 0 Å². The number of imide groups is 1. The van der Waals surface area contributed by atoms with Crippen LogP contribution < -0.4 is 0 Å². The van der Waals surface area contributed by atoms with Gasteiger partial charge in [-0.3, -0.25) is 14.5 Å². The number of hydrogen-bond acceptors (Lipinski definition) is 2. The average Bonchev–Trinajstić information content (AvgIpc) is 3.09. The highest BCUT2D eigenvalue weighted by Gasteiger charge is 2.59. The van der Waals surface area contributed by atoms with E-state index in [-0.39, 0.29) is 35.5 Å². The van der Waals surface area contributed by atoms with E-state index in [2.05, 4.69) is 12.2 Å². The van der Waals surface area contributed by atoms with Crippen molar-refractivity contribution in [1.29, 1.82) is 0 Å². The predicted molar refractivity (Wildman–Crippen MR) is 74.7 cm³/mol. The topological polar surface area (TPSA) is 37.4 Å². The van der Waals surface area contributed by atoms with Crippen LogP contribution in [0.4, 0.5) is 0 Å². The Kier molecular flexibility index (Phi) is 2.55. The predicted octanol–water partition coefficient (Wildman–Crippen LogP) is 2.65. The van der Waals surface area contributed by atoms with Crippen molar-refractivity contribution in [3.05, 3.63) is 47.0 Å². The van der Waals surface area contributed by atoms with E-state index >= 15 is 0 Å². The highest BCUT2D eigenvalue weighted by Crippen LogP contribution is 2.52. The maximum atomic E-state index is 12.5. The Bertz CT molecular complexity index is 609. The smallest absolute Gasteiger partial charge is 0.234 e. The molecule has 2 amide bonds. The number of rotatable bonds is 2. The van der Waals surface area contributed by atoms with Gasteiger partial charge in [0.2, 0.25) is 11.8 Å². The van der Waals surface area contributed by atoms with Crippen LogP contribution in [-0.4, -0.2) is 16.7 Å². The fourth-order valence-corrected chi connectivity index (χ4v) is 4.15. The second kappa shape index (κ2) is 4.19. The Hall–Kier alpha value is -1.61. The number of fused-ring (bicyclic) bond motifs is 5. The molecule has 4 atom stereocenters. The second-order valence-corrected chi connectivity index (χ2v) is 6.33. The zero-order chi connectivity index (χ0) is 13.9. The molecule has 4 heteroatoms. The number of amides is 2. The van der Waals surface area contributed by atoms with Gasteiger partial charge in [0.25, 0.3) is 0 Å². The monoisotopic (exact) mass is 287 g/mol. The highest BCUT2D eigenvalue weighted by atomic mass is 35.5. The summed E-state index contributed by atoms with van der Waals surface area (Å²) in [5.41, 5.74) is 0.902. The fraction of sp³-hybridized carbons (Fsp3) is 0.375. The van der Waals surface area contributed by atoms with Crippen molar-refractivity contribution in [2.24, 2.45) is 23.7 Å². The van der Waals surface area contributed by atoms with Gasteiger partial charge >= 0.3 is 0 Å². The van der Waals surface area contributed by atoms with Gasteiger partial charge in [-0.15, -0.1) is 0 Å². The Morgan fingerprint density at radius 1 is 1.10 bits per heavy atom. The summed E-state index contributed by atoms with van der Waals surface area (Å²) in [7, 11) is 0. The summed E-state index contributed by atoms with van der Waals surface area (Å²) < 4.78 is 0. The van der Waals surface area contributed by atoms with Crippen molar-refractivity contribution in [2.45, 2.75) is 13.0 Å². The number of halogens is 1. The van der Waals surface area contributed by atoms with Gasteiger partial charge < -0.3 is 0 Å². The van der Waals surface area contributed by atoms with E-state index in [1.54, 1.807) is 6.07 Å². The lowest BCUT2D eigenvalue weighted by Crippen LogP contribution is -2.32. The molecule has 1 aromatic carbocycles. The molecule has 4 rings (SSSR count). The van der Waals surface area contributed by atoms with Gasteiger partial charge in [-0.1, -0.05) is 35.9 Å². The van der Waals surface area contributed by atoms with Crippen LogP contribution in [0.15, 0.2) is 36.4 Å². The van der Waals surface area contributed by atoms with Gasteiger partial charge in [0.05, 0.1) is 18.4 Å². The number of likely N-dealkylation sites (tertiary alicyclic amines) is 1. The highest BCUT2D eigenvalue weighted by molar-refractivity contribution is 6.30. The molecule has 1 saturated heterocycles. The third-order valence-corrected chi connectivity index (χ3v) is 5.03. The largest absolute Gasteiger partial charge is 0.278 e. The molecule has 0 N–H and O–H groups in total. The normalized spacial score (nSPS) is 34.1. The number of carbonyl (C=O) groups excluding carboxylic acids is 2. The Morgan fingerprint density at radius 2 is 1.75 bits per heavy atom. The number of nitrogens with zero attached hydrogens (tertiary/aromatic N) is 1. The third-order valence-electron chi connectivity index (χ3n) is 4.79. The minimum Gasteiger partial charge on any atom is -0.278 e. The first-order valence-electron chi connectivity index (χ1n) is 6.93. The minimum atomic E-state index is -0.114. The molecule has 1 aliphatic heterocycles. The lowest BCUT2D eigenvalue weighted by molar-refractivity contribution is -0.141. The molecule has 0 radical (unpaired) electrons. The van der Waals surface area contributed by atoms with Gasteiger partial charge in [-0.2, -0.15) is 0 Å². The van der Waals surface area contributed by atoms with Crippen molar-refractivity contribution >= 4 is 23.4 Å². The number of benzene rings is 1. The first-order chi connectivity index (χ1) is 9.65. The van der Waals surface area contributed by atoms with Crippen LogP contribution in [0.2, 0.25) is 5.02 Å². The number of carbonyl (C=O) groups is 2. The maximum absolute atomic E-state index is 12.5. The van der Waals surface area contributed by atoms with Crippen molar-refractivity contribution in [3.8, 4) is 0 Å². The first-order valence-corrected chi connectivity index (χ1v) is 7.31. The van der Waals surface area contributed by atoms with Crippen LogP contribution >= 0.6 is 11.6 Å². The average molecular weight is 288 g/mol. The second-order valence-electron chi connectivity index (χ2n) is 5.89. The molecule has 1 saturated carbocycles. The summed E-state index contributed by atoms with van der Waals surface area (Å²) in [6.07, 6.45) is 5.19. The Balaban J connectivity index is 1.62. The van der Waals surface area contributed by atoms with E-state index in [1.165, 1.54) is 4.90 Å². The number of allylic oxidation sites excluding steroid dienone is 2. The molecule has 0 aromatic heterocycles. The molecule has 2 bridgehead atoms. The SMILES string of the molecule is O=C1[C@@H]2[C@@H](C(=O)N1Cc1cccc(Cl)c1)[C@H]1C=C[C@H]2C1. The molecule has 102 valence electrons. The summed E-state index contributed by atoms with van der Waals surface area (Å²) in [6, 6.07) is 7.34. The van der Waals surface area contributed by atoms with E-state index in [9.17, 15) is 9.59 Å². The van der Waals surface area contributed by atoms with Crippen molar-refractivity contribution in [3.63, 3.8) is 0 Å². The van der Waals surface area contributed by atoms with Crippen LogP contribution in [0.25, 0.3) is 0 Å². The maximum Gasteiger partial charge on any atom is 0.234 e. The molecule has 3 nitrogen and oxygen atoms in total. The quantitative estimate of drug-likeness (QED) is 0.619. The van der Waals surface area contributed by atoms with Gasteiger partial charge in [-0.25, -0.2) is 0 Å². The van der Waals surface area contributed by atoms with E-state index in [4.69, 9.17) is 11.6 Å². The standard InChI is InChI=1S/C16H14ClNO2/c17-12-3-1-2-9(6-12)8-18-15(19)13-10-4-5-11(7-10)14(13)16(18)20/h1-6,10-11,13-14H,7-8H2/t10-,11-,13-,14-/m0/s1. The van der Waals surface area contributed by atoms with Gasteiger partial charge in [0.1, 0.15) is 0 Å². The molecule has 20 heavy (non-hydrogen) atoms. The zero-order valence-electron chi connectivity index (χ0n) is 10.8. The lowest BCUT2D eigenvalue weighted by atomic mass is 9.85. The number of hydrogen-bond donors (Lipinski definition) is 0. The summed E-state index contributed by atoms with van der Waals surface area (Å²) in [6.45, 7) is 0.338. The summed E-state index contributed by atoms with van der Waals surface area (Å²) in [4.78, 5) is 26.5. The van der Waals surface area contributed by atoms with E-state index in [1.807, 2.05) is 18.2 Å². The molecular weight excluding hydrogens is 274 g/mol. The molecule has 1 aromatic rings. The Labute approximate surface area is 122 Å². The summed E-state index contributed by atoms with van der Waals surface area (Å²) in [5, 5.41) is 0.628. The van der Waals surface area contributed by atoms with Crippen LogP contribution in [0.5, 0.6) is 0 Å². The minimum absolute atomic E-state index is 0.00294. The lowest BCUT2D eigenvalue weighted by Gasteiger charge is -2.17.